The third kappa shape index (κ3) is 6.58. The number of rotatable bonds is 7. The summed E-state index contributed by atoms with van der Waals surface area (Å²) in [6, 6.07) is 13.9. The molecule has 3 aromatic carbocycles. The Hall–Kier alpha value is -4.84. The van der Waals surface area contributed by atoms with Crippen molar-refractivity contribution in [2.75, 3.05) is 5.32 Å². The molecule has 0 aliphatic carbocycles. The number of non-ortho nitro benzene ring substituents is 1. The summed E-state index contributed by atoms with van der Waals surface area (Å²) in [5.41, 5.74) is 2.64. The Morgan fingerprint density at radius 2 is 1.77 bits per heavy atom. The predicted molar refractivity (Wildman–Crippen MR) is 127 cm³/mol. The lowest BCUT2D eigenvalue weighted by atomic mass is 10.2. The minimum Gasteiger partial charge on any atom is -0.450 e. The third-order valence-corrected chi connectivity index (χ3v) is 4.86. The van der Waals surface area contributed by atoms with Crippen LogP contribution in [-0.2, 0) is 9.59 Å². The van der Waals surface area contributed by atoms with Crippen LogP contribution in [0, 0.1) is 27.2 Å². The fourth-order valence-corrected chi connectivity index (χ4v) is 2.89. The summed E-state index contributed by atoms with van der Waals surface area (Å²) in [7, 11) is 0. The molecule has 0 aliphatic heterocycles. The predicted octanol–water partition coefficient (Wildman–Crippen LogP) is 4.35. The number of nitrogens with one attached hydrogen (secondary N) is 2. The van der Waals surface area contributed by atoms with Gasteiger partial charge in [0.15, 0.2) is 0 Å². The molecule has 0 saturated carbocycles. The molecule has 13 heteroatoms. The van der Waals surface area contributed by atoms with Crippen molar-refractivity contribution < 1.29 is 24.2 Å². The average molecular weight is 498 g/mol. The first-order valence-electron chi connectivity index (χ1n) is 9.75. The average Bonchev–Trinajstić information content (AvgIpc) is 2.81. The van der Waals surface area contributed by atoms with Crippen LogP contribution in [0.3, 0.4) is 0 Å². The number of ether oxygens (including phenoxy) is 1. The van der Waals surface area contributed by atoms with Crippen molar-refractivity contribution in [2.24, 2.45) is 5.10 Å². The van der Waals surface area contributed by atoms with Gasteiger partial charge in [-0.25, -0.2) is 5.43 Å². The Kier molecular flexibility index (Phi) is 7.69. The number of hydrazone groups is 1. The molecule has 0 aromatic heterocycles. The maximum atomic E-state index is 12.0. The Balaban J connectivity index is 1.65. The number of hydrogen-bond donors (Lipinski definition) is 2. The summed E-state index contributed by atoms with van der Waals surface area (Å²) in [6.07, 6.45) is 1.23. The Morgan fingerprint density at radius 3 is 2.46 bits per heavy atom. The zero-order chi connectivity index (χ0) is 25.5. The van der Waals surface area contributed by atoms with E-state index in [-0.39, 0.29) is 11.5 Å². The maximum Gasteiger partial charge on any atom is 0.329 e. The van der Waals surface area contributed by atoms with Crippen molar-refractivity contribution in [1.29, 1.82) is 0 Å². The number of aryl methyl sites for hydroxylation is 1. The van der Waals surface area contributed by atoms with Crippen LogP contribution in [0.5, 0.6) is 11.5 Å². The largest absolute Gasteiger partial charge is 0.450 e. The van der Waals surface area contributed by atoms with E-state index in [1.54, 1.807) is 31.2 Å². The quantitative estimate of drug-likeness (QED) is 0.212. The Labute approximate surface area is 202 Å². The van der Waals surface area contributed by atoms with Crippen LogP contribution in [0.4, 0.5) is 17.1 Å². The number of nitrogens with zero attached hydrogens (tertiary/aromatic N) is 3. The number of carbonyl (C=O) groups is 2. The van der Waals surface area contributed by atoms with Crippen LogP contribution in [0.25, 0.3) is 0 Å². The summed E-state index contributed by atoms with van der Waals surface area (Å²) in [5.74, 6) is -2.00. The molecule has 0 heterocycles. The highest BCUT2D eigenvalue weighted by Gasteiger charge is 2.21. The molecule has 0 saturated heterocycles. The van der Waals surface area contributed by atoms with Crippen molar-refractivity contribution in [1.82, 2.24) is 5.43 Å². The Bertz CT molecular complexity index is 1360. The second kappa shape index (κ2) is 10.9. The van der Waals surface area contributed by atoms with Crippen LogP contribution in [0.15, 0.2) is 65.8 Å². The van der Waals surface area contributed by atoms with E-state index in [0.29, 0.717) is 16.3 Å². The normalized spacial score (nSPS) is 10.6. The molecule has 3 rings (SSSR count). The molecule has 3 aromatic rings. The van der Waals surface area contributed by atoms with Gasteiger partial charge in [-0.15, -0.1) is 0 Å². The second-order valence-corrected chi connectivity index (χ2v) is 7.37. The third-order valence-electron chi connectivity index (χ3n) is 4.45. The molecule has 35 heavy (non-hydrogen) atoms. The van der Waals surface area contributed by atoms with Gasteiger partial charge in [-0.2, -0.15) is 5.10 Å². The lowest BCUT2D eigenvalue weighted by molar-refractivity contribution is -0.394. The van der Waals surface area contributed by atoms with Gasteiger partial charge in [0, 0.05) is 16.8 Å². The van der Waals surface area contributed by atoms with E-state index >= 15 is 0 Å². The van der Waals surface area contributed by atoms with Gasteiger partial charge in [-0.1, -0.05) is 29.8 Å². The number of anilines is 1. The van der Waals surface area contributed by atoms with Crippen molar-refractivity contribution in [3.8, 4) is 11.5 Å². The van der Waals surface area contributed by atoms with Crippen LogP contribution < -0.4 is 15.5 Å². The number of hydrogen-bond acceptors (Lipinski definition) is 8. The molecule has 0 atom stereocenters. The van der Waals surface area contributed by atoms with E-state index < -0.39 is 33.0 Å². The molecule has 0 radical (unpaired) electrons. The standard InChI is InChI=1S/C22H16ClN5O7/c1-13-5-6-15(10-18(13)23)25-21(29)22(30)26-24-12-14-3-2-4-17(9-14)35-20-8-7-16(27(31)32)11-19(20)28(33)34/h2-12H,1H3,(H,25,29)(H,26,30)/b24-12+. The van der Waals surface area contributed by atoms with Gasteiger partial charge in [0.2, 0.25) is 5.75 Å². The van der Waals surface area contributed by atoms with Crippen LogP contribution in [0.1, 0.15) is 11.1 Å². The number of amides is 2. The SMILES string of the molecule is Cc1ccc(NC(=O)C(=O)N/N=C/c2cccc(Oc3ccc([N+](=O)[O-])cc3[N+](=O)[O-])c2)cc1Cl. The molecule has 0 bridgehead atoms. The zero-order valence-corrected chi connectivity index (χ0v) is 18.7. The molecule has 12 nitrogen and oxygen atoms in total. The van der Waals surface area contributed by atoms with Crippen molar-refractivity contribution >= 4 is 46.7 Å². The van der Waals surface area contributed by atoms with Gasteiger partial charge in [0.25, 0.3) is 5.69 Å². The minimum atomic E-state index is -1.02. The van der Waals surface area contributed by atoms with Crippen molar-refractivity contribution in [2.45, 2.75) is 6.92 Å². The molecular weight excluding hydrogens is 482 g/mol. The van der Waals surface area contributed by atoms with E-state index in [4.69, 9.17) is 16.3 Å². The number of carbonyl (C=O) groups excluding carboxylic acids is 2. The topological polar surface area (TPSA) is 166 Å². The van der Waals surface area contributed by atoms with Crippen LogP contribution >= 0.6 is 11.6 Å². The van der Waals surface area contributed by atoms with Gasteiger partial charge < -0.3 is 10.1 Å². The first-order valence-corrected chi connectivity index (χ1v) is 10.1. The monoisotopic (exact) mass is 497 g/mol. The Morgan fingerprint density at radius 1 is 1.00 bits per heavy atom. The second-order valence-electron chi connectivity index (χ2n) is 6.96. The van der Waals surface area contributed by atoms with E-state index in [2.05, 4.69) is 15.8 Å². The maximum absolute atomic E-state index is 12.0. The van der Waals surface area contributed by atoms with E-state index in [1.165, 1.54) is 24.4 Å². The van der Waals surface area contributed by atoms with E-state index in [0.717, 1.165) is 23.8 Å². The van der Waals surface area contributed by atoms with Gasteiger partial charge >= 0.3 is 17.5 Å². The van der Waals surface area contributed by atoms with Crippen molar-refractivity contribution in [3.63, 3.8) is 0 Å². The minimum absolute atomic E-state index is 0.172. The van der Waals surface area contributed by atoms with E-state index in [1.807, 2.05) is 0 Å². The number of benzene rings is 3. The van der Waals surface area contributed by atoms with Gasteiger partial charge in [-0.05, 0) is 48.4 Å². The molecule has 0 spiro atoms. The lowest BCUT2D eigenvalue weighted by Gasteiger charge is -2.07. The van der Waals surface area contributed by atoms with Gasteiger partial charge in [0.05, 0.1) is 22.1 Å². The van der Waals surface area contributed by atoms with Crippen molar-refractivity contribution in [3.05, 3.63) is 97.0 Å². The lowest BCUT2D eigenvalue weighted by Crippen LogP contribution is -2.32. The highest BCUT2D eigenvalue weighted by atomic mass is 35.5. The first kappa shape index (κ1) is 24.8. The highest BCUT2D eigenvalue weighted by Crippen LogP contribution is 2.34. The summed E-state index contributed by atoms with van der Waals surface area (Å²) in [4.78, 5) is 44.6. The summed E-state index contributed by atoms with van der Waals surface area (Å²) in [6.45, 7) is 1.79. The number of halogens is 1. The number of nitro benzene ring substituents is 2. The highest BCUT2D eigenvalue weighted by molar-refractivity contribution is 6.39. The molecule has 2 amide bonds. The number of nitro groups is 2. The van der Waals surface area contributed by atoms with Gasteiger partial charge in [-0.3, -0.25) is 29.8 Å². The smallest absolute Gasteiger partial charge is 0.329 e. The molecule has 178 valence electrons. The summed E-state index contributed by atoms with van der Waals surface area (Å²) >= 11 is 5.99. The fraction of sp³-hybridized carbons (Fsp3) is 0.0455. The summed E-state index contributed by atoms with van der Waals surface area (Å²) in [5, 5.41) is 28.7. The van der Waals surface area contributed by atoms with Crippen LogP contribution in [-0.4, -0.2) is 27.9 Å². The first-order chi connectivity index (χ1) is 16.6. The molecule has 0 fully saturated rings. The van der Waals surface area contributed by atoms with Crippen LogP contribution in [0.2, 0.25) is 5.02 Å². The van der Waals surface area contributed by atoms with E-state index in [9.17, 15) is 29.8 Å². The fourth-order valence-electron chi connectivity index (χ4n) is 2.71. The zero-order valence-electron chi connectivity index (χ0n) is 17.9. The molecule has 2 N–H and O–H groups in total. The summed E-state index contributed by atoms with van der Waals surface area (Å²) < 4.78 is 5.51. The van der Waals surface area contributed by atoms with Gasteiger partial charge in [0.1, 0.15) is 5.75 Å². The molecule has 0 unspecified atom stereocenters. The molecular formula is C22H16ClN5O7. The molecule has 0 aliphatic rings.